The second-order valence-corrected chi connectivity index (χ2v) is 7.24. The summed E-state index contributed by atoms with van der Waals surface area (Å²) in [5, 5.41) is 14.1. The lowest BCUT2D eigenvalue weighted by atomic mass is 10.0. The summed E-state index contributed by atoms with van der Waals surface area (Å²) in [6, 6.07) is 9.91. The third-order valence-electron chi connectivity index (χ3n) is 4.37. The maximum Gasteiger partial charge on any atom is 0.251 e. The zero-order chi connectivity index (χ0) is 18.1. The number of aromatic nitrogens is 4. The molecule has 0 radical (unpaired) electrons. The molecule has 0 bridgehead atoms. The Kier molecular flexibility index (Phi) is 4.42. The van der Waals surface area contributed by atoms with E-state index < -0.39 is 0 Å². The molecule has 26 heavy (non-hydrogen) atoms. The molecule has 132 valence electrons. The van der Waals surface area contributed by atoms with Gasteiger partial charge in [-0.3, -0.25) is 4.79 Å². The van der Waals surface area contributed by atoms with Crippen LogP contribution in [0.5, 0.6) is 0 Å². The summed E-state index contributed by atoms with van der Waals surface area (Å²) < 4.78 is 15.2. The van der Waals surface area contributed by atoms with Gasteiger partial charge in [0.25, 0.3) is 5.91 Å². The van der Waals surface area contributed by atoms with Crippen LogP contribution in [0.2, 0.25) is 0 Å². The van der Waals surface area contributed by atoms with Crippen LogP contribution >= 0.6 is 11.8 Å². The van der Waals surface area contributed by atoms with Crippen LogP contribution in [0.4, 0.5) is 4.39 Å². The van der Waals surface area contributed by atoms with E-state index in [9.17, 15) is 9.18 Å². The molecule has 2 aromatic carbocycles. The highest BCUT2D eigenvalue weighted by Gasteiger charge is 2.23. The molecule has 0 saturated carbocycles. The van der Waals surface area contributed by atoms with Gasteiger partial charge >= 0.3 is 0 Å². The molecule has 3 aromatic rings. The Morgan fingerprint density at radius 3 is 2.96 bits per heavy atom. The predicted molar refractivity (Wildman–Crippen MR) is 95.8 cm³/mol. The summed E-state index contributed by atoms with van der Waals surface area (Å²) >= 11 is 1.69. The smallest absolute Gasteiger partial charge is 0.251 e. The van der Waals surface area contributed by atoms with Crippen LogP contribution in [0.3, 0.4) is 0 Å². The lowest BCUT2D eigenvalue weighted by molar-refractivity contribution is 0.0935. The van der Waals surface area contributed by atoms with Crippen molar-refractivity contribution in [3.8, 4) is 5.69 Å². The molecule has 8 heteroatoms. The van der Waals surface area contributed by atoms with E-state index in [0.29, 0.717) is 5.56 Å². The van der Waals surface area contributed by atoms with Crippen molar-refractivity contribution in [1.82, 2.24) is 25.5 Å². The standard InChI is InChI=1S/C18H16FN5OS/c1-11-8-12(2-4-16(11)24-10-20-22-23-24)18(25)21-15-6-7-26-17-5-3-13(19)9-14(15)17/h2-5,8-10,15H,6-7H2,1H3,(H,21,25). The van der Waals surface area contributed by atoms with Crippen molar-refractivity contribution >= 4 is 17.7 Å². The second kappa shape index (κ2) is 6.87. The van der Waals surface area contributed by atoms with E-state index in [2.05, 4.69) is 20.8 Å². The molecule has 6 nitrogen and oxygen atoms in total. The normalized spacial score (nSPS) is 16.2. The first-order chi connectivity index (χ1) is 12.6. The minimum atomic E-state index is -0.285. The average Bonchev–Trinajstić information content (AvgIpc) is 3.16. The largest absolute Gasteiger partial charge is 0.345 e. The van der Waals surface area contributed by atoms with Gasteiger partial charge in [-0.25, -0.2) is 9.07 Å². The lowest BCUT2D eigenvalue weighted by Gasteiger charge is -2.26. The summed E-state index contributed by atoms with van der Waals surface area (Å²) in [7, 11) is 0. The van der Waals surface area contributed by atoms with Crippen molar-refractivity contribution in [2.24, 2.45) is 0 Å². The Morgan fingerprint density at radius 1 is 1.31 bits per heavy atom. The number of carbonyl (C=O) groups is 1. The number of aryl methyl sites for hydroxylation is 1. The molecule has 0 saturated heterocycles. The summed E-state index contributed by atoms with van der Waals surface area (Å²) in [4.78, 5) is 13.7. The van der Waals surface area contributed by atoms with Crippen molar-refractivity contribution in [1.29, 1.82) is 0 Å². The Morgan fingerprint density at radius 2 is 2.19 bits per heavy atom. The number of halogens is 1. The van der Waals surface area contributed by atoms with Gasteiger partial charge in [-0.15, -0.1) is 16.9 Å². The maximum absolute atomic E-state index is 13.6. The van der Waals surface area contributed by atoms with Crippen molar-refractivity contribution in [2.75, 3.05) is 5.75 Å². The molecule has 1 unspecified atom stereocenters. The molecular formula is C18H16FN5OS. The van der Waals surface area contributed by atoms with Gasteiger partial charge in [0, 0.05) is 16.2 Å². The summed E-state index contributed by atoms with van der Waals surface area (Å²) in [6.45, 7) is 1.90. The minimum Gasteiger partial charge on any atom is -0.345 e. The van der Waals surface area contributed by atoms with Gasteiger partial charge in [-0.05, 0) is 71.3 Å². The Labute approximate surface area is 153 Å². The Balaban J connectivity index is 1.56. The molecule has 2 heterocycles. The van der Waals surface area contributed by atoms with E-state index in [0.717, 1.165) is 33.9 Å². The fourth-order valence-corrected chi connectivity index (χ4v) is 4.19. The third kappa shape index (κ3) is 3.20. The Hall–Kier alpha value is -2.74. The number of nitrogens with zero attached hydrogens (tertiary/aromatic N) is 4. The first-order valence-corrected chi connectivity index (χ1v) is 9.17. The van der Waals surface area contributed by atoms with Gasteiger partial charge in [0.1, 0.15) is 12.1 Å². The number of nitrogens with one attached hydrogen (secondary N) is 1. The molecule has 1 amide bonds. The highest BCUT2D eigenvalue weighted by Crippen LogP contribution is 2.36. The number of thioether (sulfide) groups is 1. The van der Waals surface area contributed by atoms with E-state index in [1.807, 2.05) is 13.0 Å². The first kappa shape index (κ1) is 16.7. The van der Waals surface area contributed by atoms with Crippen molar-refractivity contribution < 1.29 is 9.18 Å². The van der Waals surface area contributed by atoms with Crippen LogP contribution in [-0.4, -0.2) is 31.9 Å². The summed E-state index contributed by atoms with van der Waals surface area (Å²) in [5.41, 5.74) is 3.09. The Bertz CT molecular complexity index is 960. The van der Waals surface area contributed by atoms with Gasteiger partial charge in [0.2, 0.25) is 0 Å². The minimum absolute atomic E-state index is 0.177. The van der Waals surface area contributed by atoms with Gasteiger partial charge in [0.15, 0.2) is 0 Å². The molecule has 1 aliphatic heterocycles. The number of rotatable bonds is 3. The van der Waals surface area contributed by atoms with Gasteiger partial charge in [0.05, 0.1) is 11.7 Å². The quantitative estimate of drug-likeness (QED) is 0.768. The van der Waals surface area contributed by atoms with Crippen LogP contribution in [0.1, 0.15) is 33.9 Å². The topological polar surface area (TPSA) is 72.7 Å². The maximum atomic E-state index is 13.6. The third-order valence-corrected chi connectivity index (χ3v) is 5.49. The molecular weight excluding hydrogens is 353 g/mol. The number of hydrogen-bond donors (Lipinski definition) is 1. The second-order valence-electron chi connectivity index (χ2n) is 6.10. The summed E-state index contributed by atoms with van der Waals surface area (Å²) in [5.74, 6) is 0.427. The van der Waals surface area contributed by atoms with Gasteiger partial charge in [-0.1, -0.05) is 0 Å². The fourth-order valence-electron chi connectivity index (χ4n) is 3.08. The number of fused-ring (bicyclic) bond motifs is 1. The number of benzene rings is 2. The van der Waals surface area contributed by atoms with Crippen LogP contribution in [0, 0.1) is 12.7 Å². The van der Waals surface area contributed by atoms with Crippen molar-refractivity contribution in [3.05, 3.63) is 65.2 Å². The highest BCUT2D eigenvalue weighted by atomic mass is 32.2. The molecule has 1 aromatic heterocycles. The summed E-state index contributed by atoms with van der Waals surface area (Å²) in [6.07, 6.45) is 2.28. The molecule has 0 aliphatic carbocycles. The van der Waals surface area contributed by atoms with Crippen molar-refractivity contribution in [3.63, 3.8) is 0 Å². The zero-order valence-electron chi connectivity index (χ0n) is 14.0. The van der Waals surface area contributed by atoms with Crippen LogP contribution in [-0.2, 0) is 0 Å². The monoisotopic (exact) mass is 369 g/mol. The molecule has 4 rings (SSSR count). The molecule has 1 N–H and O–H groups in total. The highest BCUT2D eigenvalue weighted by molar-refractivity contribution is 7.99. The van der Waals surface area contributed by atoms with E-state index in [1.165, 1.54) is 18.5 Å². The number of carbonyl (C=O) groups excluding carboxylic acids is 1. The van der Waals surface area contributed by atoms with E-state index in [4.69, 9.17) is 0 Å². The van der Waals surface area contributed by atoms with Gasteiger partial charge < -0.3 is 5.32 Å². The molecule has 0 fully saturated rings. The average molecular weight is 369 g/mol. The molecule has 1 aliphatic rings. The molecule has 0 spiro atoms. The van der Waals surface area contributed by atoms with E-state index in [-0.39, 0.29) is 17.8 Å². The lowest BCUT2D eigenvalue weighted by Crippen LogP contribution is -2.30. The van der Waals surface area contributed by atoms with Crippen LogP contribution in [0.15, 0.2) is 47.6 Å². The van der Waals surface area contributed by atoms with Crippen LogP contribution < -0.4 is 5.32 Å². The van der Waals surface area contributed by atoms with Crippen molar-refractivity contribution in [2.45, 2.75) is 24.3 Å². The number of amides is 1. The number of hydrogen-bond acceptors (Lipinski definition) is 5. The van der Waals surface area contributed by atoms with E-state index >= 15 is 0 Å². The fraction of sp³-hybridized carbons (Fsp3) is 0.222. The zero-order valence-corrected chi connectivity index (χ0v) is 14.8. The first-order valence-electron chi connectivity index (χ1n) is 8.19. The number of tetrazole rings is 1. The van der Waals surface area contributed by atoms with Gasteiger partial charge in [-0.2, -0.15) is 0 Å². The van der Waals surface area contributed by atoms with Crippen LogP contribution in [0.25, 0.3) is 5.69 Å². The molecule has 1 atom stereocenters. The predicted octanol–water partition coefficient (Wildman–Crippen LogP) is 3.08. The van der Waals surface area contributed by atoms with E-state index in [1.54, 1.807) is 34.6 Å². The SMILES string of the molecule is Cc1cc(C(=O)NC2CCSc3ccc(F)cc32)ccc1-n1cnnn1.